The Hall–Kier alpha value is -1.55. The van der Waals surface area contributed by atoms with Crippen LogP contribution in [0.15, 0.2) is 24.3 Å². The third kappa shape index (κ3) is 3.47. The highest BCUT2D eigenvalue weighted by Crippen LogP contribution is 2.25. The average molecular weight is 262 g/mol. The molecule has 1 amide bonds. The largest absolute Gasteiger partial charge is 0.497 e. The highest BCUT2D eigenvalue weighted by molar-refractivity contribution is 5.80. The second-order valence-corrected chi connectivity index (χ2v) is 4.92. The SMILES string of the molecule is CCCCCN1CC(=O)NC1c1cccc(OC)c1. The molecule has 19 heavy (non-hydrogen) atoms. The average Bonchev–Trinajstić information content (AvgIpc) is 2.80. The summed E-state index contributed by atoms with van der Waals surface area (Å²) in [7, 11) is 1.66. The van der Waals surface area contributed by atoms with Gasteiger partial charge in [0.05, 0.1) is 13.7 Å². The van der Waals surface area contributed by atoms with E-state index in [1.165, 1.54) is 12.8 Å². The molecular formula is C15H22N2O2. The molecule has 1 saturated heterocycles. The Morgan fingerprint density at radius 3 is 3.00 bits per heavy atom. The molecule has 4 nitrogen and oxygen atoms in total. The number of methoxy groups -OCH3 is 1. The van der Waals surface area contributed by atoms with Crippen LogP contribution in [0.4, 0.5) is 0 Å². The van der Waals surface area contributed by atoms with Crippen LogP contribution >= 0.6 is 0 Å². The van der Waals surface area contributed by atoms with Crippen molar-refractivity contribution in [1.82, 2.24) is 10.2 Å². The van der Waals surface area contributed by atoms with Gasteiger partial charge in [-0.1, -0.05) is 31.9 Å². The summed E-state index contributed by atoms with van der Waals surface area (Å²) in [6.07, 6.45) is 3.51. The standard InChI is InChI=1S/C15H22N2O2/c1-3-4-5-9-17-11-14(18)16-15(17)12-7-6-8-13(10-12)19-2/h6-8,10,15H,3-5,9,11H2,1-2H3,(H,16,18). The highest BCUT2D eigenvalue weighted by Gasteiger charge is 2.30. The van der Waals surface area contributed by atoms with E-state index in [1.807, 2.05) is 24.3 Å². The zero-order chi connectivity index (χ0) is 13.7. The van der Waals surface area contributed by atoms with E-state index in [4.69, 9.17) is 4.74 Å². The minimum Gasteiger partial charge on any atom is -0.497 e. The predicted molar refractivity (Wildman–Crippen MR) is 75.0 cm³/mol. The summed E-state index contributed by atoms with van der Waals surface area (Å²) in [5, 5.41) is 3.03. The summed E-state index contributed by atoms with van der Waals surface area (Å²) in [4.78, 5) is 13.8. The van der Waals surface area contributed by atoms with Gasteiger partial charge in [0.15, 0.2) is 0 Å². The first-order chi connectivity index (χ1) is 9.24. The number of carbonyl (C=O) groups is 1. The van der Waals surface area contributed by atoms with Crippen molar-refractivity contribution in [1.29, 1.82) is 0 Å². The van der Waals surface area contributed by atoms with Gasteiger partial charge in [0, 0.05) is 6.54 Å². The molecule has 0 saturated carbocycles. The van der Waals surface area contributed by atoms with E-state index in [1.54, 1.807) is 7.11 Å². The van der Waals surface area contributed by atoms with E-state index in [-0.39, 0.29) is 12.1 Å². The molecule has 2 rings (SSSR count). The maximum atomic E-state index is 11.6. The number of nitrogens with one attached hydrogen (secondary N) is 1. The molecule has 0 aromatic heterocycles. The van der Waals surface area contributed by atoms with Gasteiger partial charge in [-0.2, -0.15) is 0 Å². The Kier molecular flexibility index (Phi) is 4.80. The Bertz CT molecular complexity index is 434. The molecule has 4 heteroatoms. The summed E-state index contributed by atoms with van der Waals surface area (Å²) in [6, 6.07) is 7.90. The molecular weight excluding hydrogens is 240 g/mol. The van der Waals surface area contributed by atoms with Gasteiger partial charge >= 0.3 is 0 Å². The molecule has 1 heterocycles. The molecule has 1 N–H and O–H groups in total. The summed E-state index contributed by atoms with van der Waals surface area (Å²) in [6.45, 7) is 3.63. The number of hydrogen-bond acceptors (Lipinski definition) is 3. The number of rotatable bonds is 6. The lowest BCUT2D eigenvalue weighted by atomic mass is 10.1. The molecule has 0 aliphatic carbocycles. The number of nitrogens with zero attached hydrogens (tertiary/aromatic N) is 1. The maximum Gasteiger partial charge on any atom is 0.235 e. The van der Waals surface area contributed by atoms with Crippen LogP contribution in [0.2, 0.25) is 0 Å². The summed E-state index contributed by atoms with van der Waals surface area (Å²) in [5.41, 5.74) is 1.08. The van der Waals surface area contributed by atoms with Gasteiger partial charge in [-0.05, 0) is 24.1 Å². The molecule has 0 radical (unpaired) electrons. The highest BCUT2D eigenvalue weighted by atomic mass is 16.5. The van der Waals surface area contributed by atoms with Gasteiger partial charge in [0.25, 0.3) is 0 Å². The number of benzene rings is 1. The first kappa shape index (κ1) is 13.9. The monoisotopic (exact) mass is 262 g/mol. The lowest BCUT2D eigenvalue weighted by molar-refractivity contribution is -0.118. The van der Waals surface area contributed by atoms with Crippen molar-refractivity contribution in [3.63, 3.8) is 0 Å². The second kappa shape index (κ2) is 6.57. The van der Waals surface area contributed by atoms with Crippen LogP contribution in [0.5, 0.6) is 5.75 Å². The number of amides is 1. The first-order valence-electron chi connectivity index (χ1n) is 6.92. The molecule has 1 unspecified atom stereocenters. The maximum absolute atomic E-state index is 11.6. The number of carbonyl (C=O) groups excluding carboxylic acids is 1. The molecule has 1 aromatic carbocycles. The summed E-state index contributed by atoms with van der Waals surface area (Å²) < 4.78 is 5.24. The van der Waals surface area contributed by atoms with Crippen molar-refractivity contribution in [3.8, 4) is 5.75 Å². The first-order valence-corrected chi connectivity index (χ1v) is 6.92. The second-order valence-electron chi connectivity index (χ2n) is 4.92. The van der Waals surface area contributed by atoms with E-state index in [0.717, 1.165) is 24.3 Å². The molecule has 1 fully saturated rings. The molecule has 1 aliphatic heterocycles. The third-order valence-electron chi connectivity index (χ3n) is 3.47. The zero-order valence-corrected chi connectivity index (χ0v) is 11.7. The molecule has 104 valence electrons. The van der Waals surface area contributed by atoms with Crippen LogP contribution in [-0.4, -0.2) is 31.0 Å². The molecule has 0 bridgehead atoms. The van der Waals surface area contributed by atoms with E-state index in [0.29, 0.717) is 6.54 Å². The van der Waals surface area contributed by atoms with Crippen LogP contribution in [0, 0.1) is 0 Å². The normalized spacial score (nSPS) is 19.5. The fourth-order valence-electron chi connectivity index (χ4n) is 2.44. The molecule has 0 spiro atoms. The lowest BCUT2D eigenvalue weighted by Crippen LogP contribution is -2.28. The number of ether oxygens (including phenoxy) is 1. The van der Waals surface area contributed by atoms with Gasteiger partial charge in [0.2, 0.25) is 5.91 Å². The van der Waals surface area contributed by atoms with Gasteiger partial charge in [0.1, 0.15) is 11.9 Å². The quantitative estimate of drug-likeness (QED) is 0.800. The topological polar surface area (TPSA) is 41.6 Å². The summed E-state index contributed by atoms with van der Waals surface area (Å²) in [5.74, 6) is 0.927. The predicted octanol–water partition coefficient (Wildman–Crippen LogP) is 2.32. The Morgan fingerprint density at radius 2 is 2.26 bits per heavy atom. The van der Waals surface area contributed by atoms with Crippen molar-refractivity contribution < 1.29 is 9.53 Å². The van der Waals surface area contributed by atoms with Gasteiger partial charge in [-0.3, -0.25) is 9.69 Å². The van der Waals surface area contributed by atoms with Crippen molar-refractivity contribution in [2.45, 2.75) is 32.4 Å². The smallest absolute Gasteiger partial charge is 0.235 e. The minimum absolute atomic E-state index is 0.0144. The lowest BCUT2D eigenvalue weighted by Gasteiger charge is -2.23. The fourth-order valence-corrected chi connectivity index (χ4v) is 2.44. The minimum atomic E-state index is -0.0144. The Labute approximate surface area is 114 Å². The summed E-state index contributed by atoms with van der Waals surface area (Å²) >= 11 is 0. The number of hydrogen-bond donors (Lipinski definition) is 1. The third-order valence-corrected chi connectivity index (χ3v) is 3.47. The van der Waals surface area contributed by atoms with E-state index >= 15 is 0 Å². The van der Waals surface area contributed by atoms with E-state index < -0.39 is 0 Å². The zero-order valence-electron chi connectivity index (χ0n) is 11.7. The van der Waals surface area contributed by atoms with E-state index in [9.17, 15) is 4.79 Å². The van der Waals surface area contributed by atoms with E-state index in [2.05, 4.69) is 17.1 Å². The van der Waals surface area contributed by atoms with Crippen LogP contribution < -0.4 is 10.1 Å². The van der Waals surface area contributed by atoms with Crippen LogP contribution in [0.25, 0.3) is 0 Å². The van der Waals surface area contributed by atoms with Crippen molar-refractivity contribution in [2.75, 3.05) is 20.2 Å². The van der Waals surface area contributed by atoms with Gasteiger partial charge < -0.3 is 10.1 Å². The van der Waals surface area contributed by atoms with Crippen LogP contribution in [0.1, 0.15) is 37.9 Å². The Balaban J connectivity index is 2.08. The van der Waals surface area contributed by atoms with Gasteiger partial charge in [-0.25, -0.2) is 0 Å². The molecule has 1 aromatic rings. The molecule has 1 atom stereocenters. The number of unbranched alkanes of at least 4 members (excludes halogenated alkanes) is 2. The van der Waals surface area contributed by atoms with Crippen molar-refractivity contribution >= 4 is 5.91 Å². The fraction of sp³-hybridized carbons (Fsp3) is 0.533. The Morgan fingerprint density at radius 1 is 1.42 bits per heavy atom. The van der Waals surface area contributed by atoms with Crippen LogP contribution in [0.3, 0.4) is 0 Å². The van der Waals surface area contributed by atoms with Crippen LogP contribution in [-0.2, 0) is 4.79 Å². The van der Waals surface area contributed by atoms with Crippen molar-refractivity contribution in [2.24, 2.45) is 0 Å². The van der Waals surface area contributed by atoms with Crippen molar-refractivity contribution in [3.05, 3.63) is 29.8 Å². The molecule has 1 aliphatic rings. The van der Waals surface area contributed by atoms with Gasteiger partial charge in [-0.15, -0.1) is 0 Å².